The molecular formula is C31H38N2O4. The molecule has 0 spiro atoms. The highest BCUT2D eigenvalue weighted by molar-refractivity contribution is 5.88. The Hall–Kier alpha value is -3.80. The molecule has 1 atom stereocenters. The minimum atomic E-state index is -0.614. The van der Waals surface area contributed by atoms with Gasteiger partial charge in [-0.15, -0.1) is 0 Å². The van der Waals surface area contributed by atoms with Gasteiger partial charge in [0.1, 0.15) is 6.04 Å². The van der Waals surface area contributed by atoms with E-state index in [0.717, 1.165) is 29.5 Å². The van der Waals surface area contributed by atoms with Crippen LogP contribution in [-0.2, 0) is 29.0 Å². The van der Waals surface area contributed by atoms with Crippen LogP contribution in [0.2, 0.25) is 0 Å². The molecule has 0 aliphatic carbocycles. The molecule has 3 rings (SSSR count). The molecule has 1 N–H and O–H groups in total. The smallest absolute Gasteiger partial charge is 0.243 e. The van der Waals surface area contributed by atoms with Gasteiger partial charge in [-0.3, -0.25) is 9.59 Å². The fourth-order valence-electron chi connectivity index (χ4n) is 4.27. The van der Waals surface area contributed by atoms with Crippen LogP contribution in [0.5, 0.6) is 11.5 Å². The number of hydrogen-bond acceptors (Lipinski definition) is 4. The zero-order chi connectivity index (χ0) is 26.5. The first-order valence-corrected chi connectivity index (χ1v) is 12.9. The van der Waals surface area contributed by atoms with E-state index in [0.29, 0.717) is 37.4 Å². The van der Waals surface area contributed by atoms with Gasteiger partial charge < -0.3 is 19.7 Å². The second-order valence-corrected chi connectivity index (χ2v) is 9.05. The molecule has 0 heterocycles. The molecule has 3 aromatic rings. The van der Waals surface area contributed by atoms with Gasteiger partial charge in [-0.25, -0.2) is 0 Å². The van der Waals surface area contributed by atoms with Gasteiger partial charge in [0.05, 0.1) is 14.2 Å². The Morgan fingerprint density at radius 3 is 2.11 bits per heavy atom. The number of aryl methyl sites for hydroxylation is 1. The second-order valence-electron chi connectivity index (χ2n) is 9.05. The molecule has 0 unspecified atom stereocenters. The number of unbranched alkanes of at least 4 members (excludes halogenated alkanes) is 1. The molecule has 0 aromatic heterocycles. The van der Waals surface area contributed by atoms with Crippen LogP contribution in [0.3, 0.4) is 0 Å². The van der Waals surface area contributed by atoms with Gasteiger partial charge >= 0.3 is 0 Å². The minimum absolute atomic E-state index is 0.0646. The minimum Gasteiger partial charge on any atom is -0.493 e. The van der Waals surface area contributed by atoms with Gasteiger partial charge in [-0.05, 0) is 41.7 Å². The molecule has 6 heteroatoms. The topological polar surface area (TPSA) is 67.9 Å². The van der Waals surface area contributed by atoms with Crippen molar-refractivity contribution < 1.29 is 19.1 Å². The van der Waals surface area contributed by atoms with Crippen LogP contribution in [-0.4, -0.2) is 43.5 Å². The third-order valence-electron chi connectivity index (χ3n) is 6.37. The van der Waals surface area contributed by atoms with Gasteiger partial charge in [-0.2, -0.15) is 0 Å². The van der Waals surface area contributed by atoms with Crippen LogP contribution in [0.15, 0.2) is 78.9 Å². The molecule has 0 bridgehead atoms. The molecule has 0 saturated heterocycles. The van der Waals surface area contributed by atoms with Gasteiger partial charge in [-0.1, -0.05) is 80.1 Å². The third-order valence-corrected chi connectivity index (χ3v) is 6.37. The molecule has 0 fully saturated rings. The Kier molecular flexibility index (Phi) is 11.0. The van der Waals surface area contributed by atoms with Crippen molar-refractivity contribution >= 4 is 11.8 Å². The van der Waals surface area contributed by atoms with Crippen LogP contribution in [0, 0.1) is 0 Å². The standard InChI is InChI=1S/C31H38N2O4/c1-4-5-20-32-31(35)27(21-24-12-8-6-9-13-24)33(23-26-14-10-7-11-15-26)30(34)19-17-25-16-18-28(36-2)29(22-25)37-3/h6-16,18,22,27H,4-5,17,19-21,23H2,1-3H3,(H,32,35)/t27-/m1/s1. The van der Waals surface area contributed by atoms with Crippen molar-refractivity contribution in [2.45, 2.75) is 51.6 Å². The summed E-state index contributed by atoms with van der Waals surface area (Å²) >= 11 is 0. The summed E-state index contributed by atoms with van der Waals surface area (Å²) in [7, 11) is 3.20. The summed E-state index contributed by atoms with van der Waals surface area (Å²) in [5, 5.41) is 3.06. The summed E-state index contributed by atoms with van der Waals surface area (Å²) < 4.78 is 10.8. The molecule has 6 nitrogen and oxygen atoms in total. The molecule has 37 heavy (non-hydrogen) atoms. The lowest BCUT2D eigenvalue weighted by Crippen LogP contribution is -2.50. The van der Waals surface area contributed by atoms with E-state index in [9.17, 15) is 9.59 Å². The number of nitrogens with one attached hydrogen (secondary N) is 1. The van der Waals surface area contributed by atoms with Crippen LogP contribution >= 0.6 is 0 Å². The Labute approximate surface area is 220 Å². The normalized spacial score (nSPS) is 11.4. The quantitative estimate of drug-likeness (QED) is 0.308. The Bertz CT molecular complexity index is 1120. The highest BCUT2D eigenvalue weighted by atomic mass is 16.5. The maximum absolute atomic E-state index is 13.8. The number of carbonyl (C=O) groups excluding carboxylic acids is 2. The van der Waals surface area contributed by atoms with Crippen molar-refractivity contribution in [3.05, 3.63) is 95.6 Å². The van der Waals surface area contributed by atoms with Gasteiger partial charge in [0.25, 0.3) is 0 Å². The van der Waals surface area contributed by atoms with Crippen LogP contribution in [0.4, 0.5) is 0 Å². The number of carbonyl (C=O) groups is 2. The monoisotopic (exact) mass is 502 g/mol. The number of benzene rings is 3. The number of hydrogen-bond donors (Lipinski definition) is 1. The van der Waals surface area contributed by atoms with E-state index in [-0.39, 0.29) is 18.2 Å². The largest absolute Gasteiger partial charge is 0.493 e. The van der Waals surface area contributed by atoms with Crippen LogP contribution < -0.4 is 14.8 Å². The van der Waals surface area contributed by atoms with Crippen LogP contribution in [0.25, 0.3) is 0 Å². The van der Waals surface area contributed by atoms with E-state index in [1.165, 1.54) is 0 Å². The number of nitrogens with zero attached hydrogens (tertiary/aromatic N) is 1. The van der Waals surface area contributed by atoms with Crippen molar-refractivity contribution in [2.24, 2.45) is 0 Å². The fourth-order valence-corrected chi connectivity index (χ4v) is 4.27. The predicted octanol–water partition coefficient (Wildman–Crippen LogP) is 5.19. The predicted molar refractivity (Wildman–Crippen MR) is 147 cm³/mol. The van der Waals surface area contributed by atoms with Crippen molar-refractivity contribution in [3.63, 3.8) is 0 Å². The molecule has 0 aliphatic heterocycles. The Morgan fingerprint density at radius 1 is 0.838 bits per heavy atom. The van der Waals surface area contributed by atoms with E-state index in [1.54, 1.807) is 19.1 Å². The number of rotatable bonds is 14. The third kappa shape index (κ3) is 8.38. The highest BCUT2D eigenvalue weighted by Gasteiger charge is 2.30. The first-order valence-electron chi connectivity index (χ1n) is 12.9. The second kappa shape index (κ2) is 14.7. The first-order chi connectivity index (χ1) is 18.0. The Balaban J connectivity index is 1.86. The van der Waals surface area contributed by atoms with Gasteiger partial charge in [0.15, 0.2) is 11.5 Å². The zero-order valence-corrected chi connectivity index (χ0v) is 22.1. The average molecular weight is 503 g/mol. The lowest BCUT2D eigenvalue weighted by Gasteiger charge is -2.31. The molecule has 0 saturated carbocycles. The maximum atomic E-state index is 13.8. The molecule has 0 radical (unpaired) electrons. The highest BCUT2D eigenvalue weighted by Crippen LogP contribution is 2.28. The van der Waals surface area contributed by atoms with E-state index in [2.05, 4.69) is 12.2 Å². The average Bonchev–Trinajstić information content (AvgIpc) is 2.94. The zero-order valence-electron chi connectivity index (χ0n) is 22.1. The fraction of sp³-hybridized carbons (Fsp3) is 0.355. The van der Waals surface area contributed by atoms with E-state index >= 15 is 0 Å². The number of methoxy groups -OCH3 is 2. The SMILES string of the molecule is CCCCNC(=O)[C@@H](Cc1ccccc1)N(Cc1ccccc1)C(=O)CCc1ccc(OC)c(OC)c1. The maximum Gasteiger partial charge on any atom is 0.243 e. The van der Waals surface area contributed by atoms with E-state index in [4.69, 9.17) is 9.47 Å². The van der Waals surface area contributed by atoms with Crippen molar-refractivity contribution in [2.75, 3.05) is 20.8 Å². The van der Waals surface area contributed by atoms with Crippen molar-refractivity contribution in [1.29, 1.82) is 0 Å². The Morgan fingerprint density at radius 2 is 1.49 bits per heavy atom. The summed E-state index contributed by atoms with van der Waals surface area (Å²) in [5.41, 5.74) is 2.97. The van der Waals surface area contributed by atoms with E-state index < -0.39 is 6.04 Å². The van der Waals surface area contributed by atoms with Crippen LogP contribution in [0.1, 0.15) is 42.9 Å². The lowest BCUT2D eigenvalue weighted by molar-refractivity contribution is -0.141. The molecule has 196 valence electrons. The van der Waals surface area contributed by atoms with Gasteiger partial charge in [0, 0.05) is 25.9 Å². The summed E-state index contributed by atoms with van der Waals surface area (Å²) in [6.07, 6.45) is 3.14. The molecule has 0 aliphatic rings. The summed E-state index contributed by atoms with van der Waals surface area (Å²) in [5.74, 6) is 1.10. The molecule has 3 aromatic carbocycles. The van der Waals surface area contributed by atoms with Crippen molar-refractivity contribution in [1.82, 2.24) is 10.2 Å². The molecule has 2 amide bonds. The molecular weight excluding hydrogens is 464 g/mol. The number of amides is 2. The summed E-state index contributed by atoms with van der Waals surface area (Å²) in [6.45, 7) is 3.05. The lowest BCUT2D eigenvalue weighted by atomic mass is 10.0. The number of ether oxygens (including phenoxy) is 2. The summed E-state index contributed by atoms with van der Waals surface area (Å²) in [4.78, 5) is 28.9. The summed E-state index contributed by atoms with van der Waals surface area (Å²) in [6, 6.07) is 24.8. The van der Waals surface area contributed by atoms with E-state index in [1.807, 2.05) is 78.9 Å². The van der Waals surface area contributed by atoms with Gasteiger partial charge in [0.2, 0.25) is 11.8 Å². The first kappa shape index (κ1) is 27.8. The van der Waals surface area contributed by atoms with Crippen molar-refractivity contribution in [3.8, 4) is 11.5 Å².